The monoisotopic (exact) mass is 284 g/mol. The number of hydrogen-bond donors (Lipinski definition) is 0. The fourth-order valence-corrected chi connectivity index (χ4v) is 3.81. The van der Waals surface area contributed by atoms with Crippen molar-refractivity contribution in [3.63, 3.8) is 0 Å². The van der Waals surface area contributed by atoms with Gasteiger partial charge < -0.3 is 13.3 Å². The highest BCUT2D eigenvalue weighted by Crippen LogP contribution is 2.16. The van der Waals surface area contributed by atoms with Crippen molar-refractivity contribution in [1.82, 2.24) is 0 Å². The van der Waals surface area contributed by atoms with Gasteiger partial charge in [0.1, 0.15) is 0 Å². The van der Waals surface area contributed by atoms with Gasteiger partial charge in [0.05, 0.1) is 0 Å². The predicted octanol–water partition coefficient (Wildman–Crippen LogP) is 3.64. The summed E-state index contributed by atoms with van der Waals surface area (Å²) in [5.41, 5.74) is 0.0264. The Hall–Kier alpha value is -0.603. The molecule has 0 aromatic heterocycles. The zero-order chi connectivity index (χ0) is 14.8. The Morgan fingerprint density at radius 2 is 1.42 bits per heavy atom. The molecule has 0 bridgehead atoms. The van der Waals surface area contributed by atoms with Crippen LogP contribution in [0, 0.1) is 17.3 Å². The second-order valence-corrected chi connectivity index (χ2v) is 7.75. The lowest BCUT2D eigenvalue weighted by Gasteiger charge is -2.27. The fourth-order valence-electron chi connectivity index (χ4n) is 1.48. The van der Waals surface area contributed by atoms with Gasteiger partial charge in [-0.25, -0.2) is 0 Å². The molecule has 0 aliphatic carbocycles. The molecule has 0 unspecified atom stereocenters. The average molecular weight is 284 g/mol. The van der Waals surface area contributed by atoms with E-state index in [-0.39, 0.29) is 5.41 Å². The molecule has 0 atom stereocenters. The summed E-state index contributed by atoms with van der Waals surface area (Å²) < 4.78 is 17.3. The predicted molar refractivity (Wildman–Crippen MR) is 81.8 cm³/mol. The minimum atomic E-state index is -2.55. The first kappa shape index (κ1) is 18.4. The largest absolute Gasteiger partial charge is 0.504 e. The molecule has 0 saturated carbocycles. The van der Waals surface area contributed by atoms with Crippen LogP contribution in [-0.4, -0.2) is 28.6 Å². The van der Waals surface area contributed by atoms with Gasteiger partial charge in [0.15, 0.2) is 0 Å². The van der Waals surface area contributed by atoms with Crippen molar-refractivity contribution in [2.75, 3.05) is 19.8 Å². The molecule has 4 heteroatoms. The molecule has 0 saturated heterocycles. The van der Waals surface area contributed by atoms with E-state index < -0.39 is 8.80 Å². The summed E-state index contributed by atoms with van der Waals surface area (Å²) in [6, 6.07) is 0.668. The molecule has 3 nitrogen and oxygen atoms in total. The molecule has 110 valence electrons. The van der Waals surface area contributed by atoms with E-state index in [0.29, 0.717) is 25.9 Å². The van der Waals surface area contributed by atoms with E-state index in [0.717, 1.165) is 0 Å². The summed E-state index contributed by atoms with van der Waals surface area (Å²) in [6.45, 7) is 14.0. The van der Waals surface area contributed by atoms with E-state index in [1.165, 1.54) is 0 Å². The van der Waals surface area contributed by atoms with Crippen LogP contribution in [0.4, 0.5) is 0 Å². The van der Waals surface area contributed by atoms with Gasteiger partial charge in [-0.3, -0.25) is 0 Å². The molecule has 0 fully saturated rings. The first-order valence-corrected chi connectivity index (χ1v) is 8.92. The van der Waals surface area contributed by atoms with Crippen molar-refractivity contribution in [3.05, 3.63) is 12.2 Å². The quantitative estimate of drug-likeness (QED) is 0.503. The minimum Gasteiger partial charge on any atom is -0.374 e. The Balaban J connectivity index is 4.62. The van der Waals surface area contributed by atoms with Crippen molar-refractivity contribution >= 4 is 8.80 Å². The third kappa shape index (κ3) is 9.01. The maximum absolute atomic E-state index is 5.75. The lowest BCUT2D eigenvalue weighted by atomic mass is 9.98. The maximum Gasteiger partial charge on any atom is 0.504 e. The molecule has 0 radical (unpaired) electrons. The highest BCUT2D eigenvalue weighted by Gasteiger charge is 2.38. The molecule has 0 rings (SSSR count). The lowest BCUT2D eigenvalue weighted by Crippen LogP contribution is -2.45. The smallest absolute Gasteiger partial charge is 0.374 e. The average Bonchev–Trinajstić information content (AvgIpc) is 2.28. The molecule has 0 spiro atoms. The van der Waals surface area contributed by atoms with Gasteiger partial charge in [0, 0.05) is 31.3 Å². The highest BCUT2D eigenvalue weighted by atomic mass is 28.4. The molecule has 0 heterocycles. The van der Waals surface area contributed by atoms with Gasteiger partial charge in [-0.1, -0.05) is 17.9 Å². The van der Waals surface area contributed by atoms with Gasteiger partial charge in [-0.05, 0) is 47.6 Å². The molecule has 19 heavy (non-hydrogen) atoms. The molecule has 0 aromatic carbocycles. The van der Waals surface area contributed by atoms with Gasteiger partial charge >= 0.3 is 8.80 Å². The number of allylic oxidation sites excluding steroid dienone is 2. The first-order chi connectivity index (χ1) is 8.89. The van der Waals surface area contributed by atoms with Crippen LogP contribution < -0.4 is 0 Å². The van der Waals surface area contributed by atoms with Crippen molar-refractivity contribution in [3.8, 4) is 11.8 Å². The van der Waals surface area contributed by atoms with Crippen LogP contribution in [0.25, 0.3) is 0 Å². The zero-order valence-electron chi connectivity index (χ0n) is 13.2. The van der Waals surface area contributed by atoms with Crippen molar-refractivity contribution in [2.45, 2.75) is 47.6 Å². The minimum absolute atomic E-state index is 0.0264. The maximum atomic E-state index is 5.75. The Bertz CT molecular complexity index is 303. The number of rotatable bonds is 8. The number of hydrogen-bond acceptors (Lipinski definition) is 3. The second kappa shape index (κ2) is 9.32. The second-order valence-electron chi connectivity index (χ2n) is 5.11. The summed E-state index contributed by atoms with van der Waals surface area (Å²) in [4.78, 5) is 0. The Kier molecular flexibility index (Phi) is 9.03. The SMILES string of the molecule is CCO[Si](C/C=C/C#CC(C)(C)C)(OCC)OCC. The van der Waals surface area contributed by atoms with E-state index in [9.17, 15) is 0 Å². The van der Waals surface area contributed by atoms with Crippen LogP contribution in [0.1, 0.15) is 41.5 Å². The fraction of sp³-hybridized carbons (Fsp3) is 0.733. The topological polar surface area (TPSA) is 27.7 Å². The van der Waals surface area contributed by atoms with Crippen LogP contribution >= 0.6 is 0 Å². The van der Waals surface area contributed by atoms with E-state index >= 15 is 0 Å². The van der Waals surface area contributed by atoms with Crippen molar-refractivity contribution in [1.29, 1.82) is 0 Å². The molecule has 0 amide bonds. The van der Waals surface area contributed by atoms with Crippen LogP contribution in [-0.2, 0) is 13.3 Å². The third-order valence-corrected chi connectivity index (χ3v) is 5.03. The highest BCUT2D eigenvalue weighted by molar-refractivity contribution is 6.61. The van der Waals surface area contributed by atoms with Crippen molar-refractivity contribution < 1.29 is 13.3 Å². The van der Waals surface area contributed by atoms with Crippen LogP contribution in [0.15, 0.2) is 12.2 Å². The normalized spacial score (nSPS) is 12.5. The first-order valence-electron chi connectivity index (χ1n) is 6.98. The van der Waals surface area contributed by atoms with Gasteiger partial charge in [0.2, 0.25) is 0 Å². The Morgan fingerprint density at radius 1 is 0.947 bits per heavy atom. The summed E-state index contributed by atoms with van der Waals surface area (Å²) in [5, 5.41) is 0. The van der Waals surface area contributed by atoms with E-state index in [4.69, 9.17) is 13.3 Å². The molecular formula is C15H28O3Si. The molecule has 0 aliphatic rings. The van der Waals surface area contributed by atoms with Crippen LogP contribution in [0.5, 0.6) is 0 Å². The lowest BCUT2D eigenvalue weighted by molar-refractivity contribution is 0.0743. The molecule has 0 aromatic rings. The summed E-state index contributed by atoms with van der Waals surface area (Å²) in [7, 11) is -2.55. The van der Waals surface area contributed by atoms with Gasteiger partial charge in [-0.2, -0.15) is 0 Å². The van der Waals surface area contributed by atoms with Gasteiger partial charge in [0.25, 0.3) is 0 Å². The molecular weight excluding hydrogens is 256 g/mol. The Morgan fingerprint density at radius 3 is 1.79 bits per heavy atom. The standard InChI is InChI=1S/C15H28O3Si/c1-7-16-19(17-8-2,18-9-3)14-12-10-11-13-15(4,5)6/h10,12H,7-9,14H2,1-6H3/b12-10+. The zero-order valence-corrected chi connectivity index (χ0v) is 14.2. The van der Waals surface area contributed by atoms with E-state index in [1.807, 2.05) is 32.9 Å². The molecule has 0 aliphatic heterocycles. The van der Waals surface area contributed by atoms with Gasteiger partial charge in [-0.15, -0.1) is 0 Å². The molecule has 0 N–H and O–H groups in total. The summed E-state index contributed by atoms with van der Waals surface area (Å²) >= 11 is 0. The summed E-state index contributed by atoms with van der Waals surface area (Å²) in [6.07, 6.45) is 3.86. The van der Waals surface area contributed by atoms with E-state index in [2.05, 4.69) is 32.6 Å². The van der Waals surface area contributed by atoms with Crippen LogP contribution in [0.3, 0.4) is 0 Å². The van der Waals surface area contributed by atoms with E-state index in [1.54, 1.807) is 0 Å². The van der Waals surface area contributed by atoms with Crippen molar-refractivity contribution in [2.24, 2.45) is 5.41 Å². The third-order valence-electron chi connectivity index (χ3n) is 2.11. The summed E-state index contributed by atoms with van der Waals surface area (Å²) in [5.74, 6) is 6.21. The Labute approximate surface area is 119 Å². The van der Waals surface area contributed by atoms with Crippen LogP contribution in [0.2, 0.25) is 6.04 Å².